The lowest BCUT2D eigenvalue weighted by atomic mass is 10.2. The highest BCUT2D eigenvalue weighted by Crippen LogP contribution is 2.42. The van der Waals surface area contributed by atoms with E-state index in [2.05, 4.69) is 9.73 Å². The first-order chi connectivity index (χ1) is 8.02. The summed E-state index contributed by atoms with van der Waals surface area (Å²) in [5, 5.41) is 21.5. The van der Waals surface area contributed by atoms with Crippen LogP contribution in [0.15, 0.2) is 17.1 Å². The fraction of sp³-hybridized carbons (Fsp3) is 0.125. The first kappa shape index (κ1) is 12.3. The van der Waals surface area contributed by atoms with E-state index in [0.717, 1.165) is 25.3 Å². The summed E-state index contributed by atoms with van der Waals surface area (Å²) < 4.78 is 4.64. The zero-order chi connectivity index (χ0) is 13.0. The molecule has 9 heteroatoms. The number of hydrogen-bond acceptors (Lipinski definition) is 7. The number of ether oxygens (including phenoxy) is 1. The van der Waals surface area contributed by atoms with Gasteiger partial charge in [-0.1, -0.05) is 0 Å². The van der Waals surface area contributed by atoms with Gasteiger partial charge in [0.25, 0.3) is 0 Å². The minimum absolute atomic E-state index is 0.286. The summed E-state index contributed by atoms with van der Waals surface area (Å²) >= 11 is 0. The van der Waals surface area contributed by atoms with Crippen molar-refractivity contribution < 1.29 is 19.4 Å². The third-order valence-corrected chi connectivity index (χ3v) is 1.84. The van der Waals surface area contributed by atoms with Gasteiger partial charge in [0.2, 0.25) is 11.8 Å². The van der Waals surface area contributed by atoms with E-state index in [1.807, 2.05) is 0 Å². The molecule has 0 aliphatic heterocycles. The molecule has 17 heavy (non-hydrogen) atoms. The Morgan fingerprint density at radius 2 is 1.82 bits per heavy atom. The molecule has 1 rings (SSSR count). The Hall–Kier alpha value is -2.80. The Balaban J connectivity index is 3.70. The van der Waals surface area contributed by atoms with Gasteiger partial charge in [0, 0.05) is 0 Å². The van der Waals surface area contributed by atoms with E-state index < -0.39 is 26.9 Å². The first-order valence-corrected chi connectivity index (χ1v) is 4.10. The van der Waals surface area contributed by atoms with Crippen LogP contribution in [0, 0.1) is 20.2 Å². The van der Waals surface area contributed by atoms with Crippen LogP contribution in [0.3, 0.4) is 0 Å². The van der Waals surface area contributed by atoms with Crippen LogP contribution in [0.2, 0.25) is 0 Å². The first-order valence-electron chi connectivity index (χ1n) is 4.10. The van der Waals surface area contributed by atoms with E-state index in [0.29, 0.717) is 0 Å². The summed E-state index contributed by atoms with van der Waals surface area (Å²) in [6.45, 7) is 0. The molecular formula is C8H5N3O6. The Bertz CT molecular complexity index is 534. The summed E-state index contributed by atoms with van der Waals surface area (Å²) in [7, 11) is 1.13. The molecule has 0 aliphatic rings. The molecular weight excluding hydrogens is 234 g/mol. The second-order valence-electron chi connectivity index (χ2n) is 2.70. The smallest absolute Gasteiger partial charge is 0.389 e. The van der Waals surface area contributed by atoms with Crippen molar-refractivity contribution in [1.29, 1.82) is 0 Å². The number of nitro benzene ring substituents is 2. The van der Waals surface area contributed by atoms with Gasteiger partial charge < -0.3 is 4.74 Å². The topological polar surface area (TPSA) is 125 Å². The van der Waals surface area contributed by atoms with E-state index in [1.165, 1.54) is 0 Å². The Morgan fingerprint density at radius 3 is 2.24 bits per heavy atom. The van der Waals surface area contributed by atoms with E-state index in [4.69, 9.17) is 0 Å². The van der Waals surface area contributed by atoms with Gasteiger partial charge in [0.1, 0.15) is 0 Å². The molecule has 0 fully saturated rings. The van der Waals surface area contributed by atoms with Crippen molar-refractivity contribution in [2.45, 2.75) is 0 Å². The van der Waals surface area contributed by atoms with Crippen molar-refractivity contribution >= 4 is 23.1 Å². The monoisotopic (exact) mass is 239 g/mol. The molecule has 0 radical (unpaired) electrons. The molecule has 0 N–H and O–H groups in total. The zero-order valence-corrected chi connectivity index (χ0v) is 8.45. The number of aliphatic imine (C=N–C) groups is 1. The minimum atomic E-state index is -1.00. The number of carbonyl (C=O) groups excluding carboxylic acids is 1. The number of isocyanates is 1. The van der Waals surface area contributed by atoms with Gasteiger partial charge in [0.05, 0.1) is 17.0 Å². The normalized spacial score (nSPS) is 9.24. The number of nitrogens with zero attached hydrogens (tertiary/aromatic N) is 3. The van der Waals surface area contributed by atoms with Crippen LogP contribution < -0.4 is 4.74 Å². The van der Waals surface area contributed by atoms with Crippen LogP contribution >= 0.6 is 0 Å². The van der Waals surface area contributed by atoms with E-state index in [1.54, 1.807) is 0 Å². The molecule has 88 valence electrons. The van der Waals surface area contributed by atoms with Gasteiger partial charge in [-0.15, -0.1) is 0 Å². The summed E-state index contributed by atoms with van der Waals surface area (Å²) in [4.78, 5) is 32.6. The molecule has 1 aromatic carbocycles. The Labute approximate surface area is 93.6 Å². The molecule has 0 amide bonds. The number of nitro groups is 2. The lowest BCUT2D eigenvalue weighted by molar-refractivity contribution is -0.422. The number of methoxy groups -OCH3 is 1. The largest absolute Gasteiger partial charge is 0.490 e. The van der Waals surface area contributed by atoms with Gasteiger partial charge in [-0.2, -0.15) is 4.99 Å². The van der Waals surface area contributed by atoms with Crippen LogP contribution in [0.5, 0.6) is 5.75 Å². The average molecular weight is 239 g/mol. The van der Waals surface area contributed by atoms with Gasteiger partial charge in [0.15, 0.2) is 5.69 Å². The predicted octanol–water partition coefficient (Wildman–Crippen LogP) is 1.48. The summed E-state index contributed by atoms with van der Waals surface area (Å²) in [6, 6.07) is 2.18. The lowest BCUT2D eigenvalue weighted by Crippen LogP contribution is -1.99. The summed E-state index contributed by atoms with van der Waals surface area (Å²) in [5.41, 5.74) is -2.20. The van der Waals surface area contributed by atoms with Gasteiger partial charge in [-0.05, 0) is 12.1 Å². The predicted molar refractivity (Wildman–Crippen MR) is 54.1 cm³/mol. The summed E-state index contributed by atoms with van der Waals surface area (Å²) in [6.07, 6.45) is 1.09. The van der Waals surface area contributed by atoms with Crippen LogP contribution in [0.4, 0.5) is 17.1 Å². The highest BCUT2D eigenvalue weighted by atomic mass is 16.6. The Kier molecular flexibility index (Phi) is 3.48. The molecule has 0 saturated heterocycles. The SMILES string of the molecule is COc1ccc(N=C=O)c([N+](=O)[O-])c1[N+](=O)[O-]. The molecule has 1 aromatic rings. The zero-order valence-electron chi connectivity index (χ0n) is 8.45. The minimum Gasteiger partial charge on any atom is -0.490 e. The van der Waals surface area contributed by atoms with Crippen molar-refractivity contribution in [3.63, 3.8) is 0 Å². The van der Waals surface area contributed by atoms with Crippen LogP contribution in [-0.4, -0.2) is 23.0 Å². The van der Waals surface area contributed by atoms with Gasteiger partial charge in [-0.3, -0.25) is 20.2 Å². The van der Waals surface area contributed by atoms with Crippen molar-refractivity contribution in [2.24, 2.45) is 4.99 Å². The van der Waals surface area contributed by atoms with E-state index >= 15 is 0 Å². The fourth-order valence-electron chi connectivity index (χ4n) is 1.21. The molecule has 0 bridgehead atoms. The average Bonchev–Trinajstić information content (AvgIpc) is 2.28. The number of benzene rings is 1. The molecule has 0 unspecified atom stereocenters. The molecule has 0 atom stereocenters. The van der Waals surface area contributed by atoms with Crippen molar-refractivity contribution in [1.82, 2.24) is 0 Å². The number of hydrogen-bond donors (Lipinski definition) is 0. The van der Waals surface area contributed by atoms with Crippen LogP contribution in [0.1, 0.15) is 0 Å². The van der Waals surface area contributed by atoms with E-state index in [-0.39, 0.29) is 5.75 Å². The standard InChI is InChI=1S/C8H5N3O6/c1-17-6-3-2-5(9-4-12)7(10(13)14)8(6)11(15)16/h2-3H,1H3. The number of rotatable bonds is 4. The fourth-order valence-corrected chi connectivity index (χ4v) is 1.21. The van der Waals surface area contributed by atoms with E-state index in [9.17, 15) is 25.0 Å². The second-order valence-corrected chi connectivity index (χ2v) is 2.70. The highest BCUT2D eigenvalue weighted by Gasteiger charge is 2.33. The molecule has 0 aliphatic carbocycles. The molecule has 0 heterocycles. The maximum Gasteiger partial charge on any atom is 0.389 e. The van der Waals surface area contributed by atoms with Crippen LogP contribution in [0.25, 0.3) is 0 Å². The van der Waals surface area contributed by atoms with Gasteiger partial charge in [-0.25, -0.2) is 4.79 Å². The molecule has 0 spiro atoms. The second kappa shape index (κ2) is 4.81. The third kappa shape index (κ3) is 2.24. The van der Waals surface area contributed by atoms with Crippen molar-refractivity contribution in [2.75, 3.05) is 7.11 Å². The maximum absolute atomic E-state index is 10.7. The lowest BCUT2D eigenvalue weighted by Gasteiger charge is -2.02. The summed E-state index contributed by atoms with van der Waals surface area (Å²) in [5.74, 6) is -0.286. The molecule has 0 saturated carbocycles. The van der Waals surface area contributed by atoms with Crippen molar-refractivity contribution in [3.8, 4) is 5.75 Å². The quantitative estimate of drug-likeness (QED) is 0.339. The van der Waals surface area contributed by atoms with Gasteiger partial charge >= 0.3 is 11.4 Å². The van der Waals surface area contributed by atoms with Crippen molar-refractivity contribution in [3.05, 3.63) is 32.4 Å². The third-order valence-electron chi connectivity index (χ3n) is 1.84. The molecule has 9 nitrogen and oxygen atoms in total. The van der Waals surface area contributed by atoms with Crippen LogP contribution in [-0.2, 0) is 4.79 Å². The highest BCUT2D eigenvalue weighted by molar-refractivity contribution is 5.75. The Morgan fingerprint density at radius 1 is 1.24 bits per heavy atom. The maximum atomic E-state index is 10.7. The molecule has 0 aromatic heterocycles.